The van der Waals surface area contributed by atoms with Gasteiger partial charge in [-0.05, 0) is 45.0 Å². The quantitative estimate of drug-likeness (QED) is 0.877. The van der Waals surface area contributed by atoms with E-state index in [1.54, 1.807) is 11.3 Å². The minimum absolute atomic E-state index is 0.160. The van der Waals surface area contributed by atoms with E-state index in [0.717, 1.165) is 23.0 Å². The third-order valence-corrected chi connectivity index (χ3v) is 4.36. The van der Waals surface area contributed by atoms with Crippen LogP contribution < -0.4 is 10.1 Å². The van der Waals surface area contributed by atoms with Crippen molar-refractivity contribution >= 4 is 11.3 Å². The SMILES string of the molecule is CCNC(c1ccc(OCC)cc1)c1nc(C)c(C)s1. The Morgan fingerprint density at radius 3 is 2.40 bits per heavy atom. The zero-order valence-electron chi connectivity index (χ0n) is 12.6. The third-order valence-electron chi connectivity index (χ3n) is 3.22. The van der Waals surface area contributed by atoms with Crippen LogP contribution in [0.3, 0.4) is 0 Å². The van der Waals surface area contributed by atoms with Crippen molar-refractivity contribution < 1.29 is 4.74 Å². The summed E-state index contributed by atoms with van der Waals surface area (Å²) >= 11 is 1.77. The summed E-state index contributed by atoms with van der Waals surface area (Å²) in [6.07, 6.45) is 0. The number of hydrogen-bond acceptors (Lipinski definition) is 4. The number of hydrogen-bond donors (Lipinski definition) is 1. The number of aromatic nitrogens is 1. The molecule has 0 saturated carbocycles. The average molecular weight is 290 g/mol. The van der Waals surface area contributed by atoms with Gasteiger partial charge in [0, 0.05) is 4.88 Å². The van der Waals surface area contributed by atoms with Gasteiger partial charge >= 0.3 is 0 Å². The molecular formula is C16H22N2OS. The molecule has 0 amide bonds. The molecule has 4 heteroatoms. The van der Waals surface area contributed by atoms with Gasteiger partial charge in [0.1, 0.15) is 10.8 Å². The highest BCUT2D eigenvalue weighted by Gasteiger charge is 2.17. The van der Waals surface area contributed by atoms with Gasteiger partial charge in [0.25, 0.3) is 0 Å². The van der Waals surface area contributed by atoms with Gasteiger partial charge in [0.15, 0.2) is 0 Å². The van der Waals surface area contributed by atoms with E-state index >= 15 is 0 Å². The molecule has 0 fully saturated rings. The third kappa shape index (κ3) is 3.38. The van der Waals surface area contributed by atoms with E-state index in [0.29, 0.717) is 6.61 Å². The van der Waals surface area contributed by atoms with Crippen LogP contribution in [0.4, 0.5) is 0 Å². The Balaban J connectivity index is 2.27. The van der Waals surface area contributed by atoms with Crippen molar-refractivity contribution in [2.75, 3.05) is 13.2 Å². The summed E-state index contributed by atoms with van der Waals surface area (Å²) in [6.45, 7) is 9.91. The summed E-state index contributed by atoms with van der Waals surface area (Å²) in [7, 11) is 0. The molecule has 1 aromatic carbocycles. The van der Waals surface area contributed by atoms with Crippen LogP contribution in [-0.2, 0) is 0 Å². The summed E-state index contributed by atoms with van der Waals surface area (Å²) in [6, 6.07) is 8.44. The summed E-state index contributed by atoms with van der Waals surface area (Å²) in [5, 5.41) is 4.64. The molecule has 0 aliphatic heterocycles. The number of nitrogens with one attached hydrogen (secondary N) is 1. The second kappa shape index (κ2) is 6.86. The monoisotopic (exact) mass is 290 g/mol. The molecule has 20 heavy (non-hydrogen) atoms. The molecule has 2 aromatic rings. The molecule has 1 atom stereocenters. The van der Waals surface area contributed by atoms with Gasteiger partial charge in [0.2, 0.25) is 0 Å². The number of ether oxygens (including phenoxy) is 1. The Bertz CT molecular complexity index is 529. The van der Waals surface area contributed by atoms with E-state index in [2.05, 4.69) is 43.2 Å². The van der Waals surface area contributed by atoms with Crippen molar-refractivity contribution in [2.45, 2.75) is 33.7 Å². The van der Waals surface area contributed by atoms with Crippen molar-refractivity contribution in [3.63, 3.8) is 0 Å². The van der Waals surface area contributed by atoms with E-state index in [-0.39, 0.29) is 6.04 Å². The van der Waals surface area contributed by atoms with E-state index in [1.165, 1.54) is 10.4 Å². The molecule has 0 saturated heterocycles. The smallest absolute Gasteiger partial charge is 0.119 e. The van der Waals surface area contributed by atoms with E-state index < -0.39 is 0 Å². The maximum Gasteiger partial charge on any atom is 0.119 e. The van der Waals surface area contributed by atoms with Gasteiger partial charge in [-0.3, -0.25) is 0 Å². The number of aryl methyl sites for hydroxylation is 2. The van der Waals surface area contributed by atoms with Crippen molar-refractivity contribution in [1.82, 2.24) is 10.3 Å². The van der Waals surface area contributed by atoms with Crippen molar-refractivity contribution in [1.29, 1.82) is 0 Å². The number of rotatable bonds is 6. The van der Waals surface area contributed by atoms with E-state index in [4.69, 9.17) is 4.74 Å². The van der Waals surface area contributed by atoms with Crippen LogP contribution >= 0.6 is 11.3 Å². The summed E-state index contributed by atoms with van der Waals surface area (Å²) in [5.74, 6) is 0.915. The van der Waals surface area contributed by atoms with Crippen LogP contribution in [0.1, 0.15) is 41.0 Å². The zero-order valence-corrected chi connectivity index (χ0v) is 13.4. The van der Waals surface area contributed by atoms with Crippen molar-refractivity contribution in [3.05, 3.63) is 45.4 Å². The number of thiazole rings is 1. The second-order valence-electron chi connectivity index (χ2n) is 4.69. The van der Waals surface area contributed by atoms with Gasteiger partial charge in [-0.15, -0.1) is 11.3 Å². The largest absolute Gasteiger partial charge is 0.494 e. The van der Waals surface area contributed by atoms with Gasteiger partial charge in [-0.1, -0.05) is 19.1 Å². The van der Waals surface area contributed by atoms with Crippen LogP contribution in [-0.4, -0.2) is 18.1 Å². The second-order valence-corrected chi connectivity index (χ2v) is 5.92. The predicted octanol–water partition coefficient (Wildman–Crippen LogP) is 3.86. The molecule has 1 heterocycles. The predicted molar refractivity (Wildman–Crippen MR) is 84.7 cm³/mol. The first-order valence-corrected chi connectivity index (χ1v) is 7.87. The number of nitrogens with zero attached hydrogens (tertiary/aromatic N) is 1. The summed E-state index contributed by atoms with van der Waals surface area (Å²) in [5.41, 5.74) is 2.35. The molecular weight excluding hydrogens is 268 g/mol. The molecule has 3 nitrogen and oxygen atoms in total. The van der Waals surface area contributed by atoms with Crippen LogP contribution in [0.25, 0.3) is 0 Å². The van der Waals surface area contributed by atoms with Gasteiger partial charge in [-0.25, -0.2) is 4.98 Å². The summed E-state index contributed by atoms with van der Waals surface area (Å²) in [4.78, 5) is 5.98. The Hall–Kier alpha value is -1.39. The first kappa shape index (κ1) is 15.0. The molecule has 0 radical (unpaired) electrons. The molecule has 108 valence electrons. The molecule has 0 aliphatic carbocycles. The minimum atomic E-state index is 0.160. The maximum absolute atomic E-state index is 5.50. The van der Waals surface area contributed by atoms with Crippen LogP contribution in [0.5, 0.6) is 5.75 Å². The highest BCUT2D eigenvalue weighted by molar-refractivity contribution is 7.11. The molecule has 0 aliphatic rings. The molecule has 1 aromatic heterocycles. The Kier molecular flexibility index (Phi) is 5.15. The highest BCUT2D eigenvalue weighted by atomic mass is 32.1. The fourth-order valence-corrected chi connectivity index (χ4v) is 3.12. The average Bonchev–Trinajstić information content (AvgIpc) is 2.77. The normalized spacial score (nSPS) is 12.4. The maximum atomic E-state index is 5.50. The van der Waals surface area contributed by atoms with E-state index in [1.807, 2.05) is 19.1 Å². The topological polar surface area (TPSA) is 34.1 Å². The first-order chi connectivity index (χ1) is 9.65. The Morgan fingerprint density at radius 2 is 1.90 bits per heavy atom. The lowest BCUT2D eigenvalue weighted by Crippen LogP contribution is -2.21. The van der Waals surface area contributed by atoms with Crippen LogP contribution in [0.2, 0.25) is 0 Å². The Morgan fingerprint density at radius 1 is 1.20 bits per heavy atom. The lowest BCUT2D eigenvalue weighted by atomic mass is 10.1. The number of benzene rings is 1. The fraction of sp³-hybridized carbons (Fsp3) is 0.438. The fourth-order valence-electron chi connectivity index (χ4n) is 2.10. The molecule has 2 rings (SSSR count). The van der Waals surface area contributed by atoms with E-state index in [9.17, 15) is 0 Å². The lowest BCUT2D eigenvalue weighted by Gasteiger charge is -2.16. The molecule has 1 unspecified atom stereocenters. The molecule has 0 bridgehead atoms. The zero-order chi connectivity index (χ0) is 14.5. The van der Waals surface area contributed by atoms with Crippen molar-refractivity contribution in [2.24, 2.45) is 0 Å². The summed E-state index contributed by atoms with van der Waals surface area (Å²) < 4.78 is 5.50. The van der Waals surface area contributed by atoms with Gasteiger partial charge in [0.05, 0.1) is 18.3 Å². The minimum Gasteiger partial charge on any atom is -0.494 e. The van der Waals surface area contributed by atoms with Crippen LogP contribution in [0, 0.1) is 13.8 Å². The lowest BCUT2D eigenvalue weighted by molar-refractivity contribution is 0.340. The molecule has 0 spiro atoms. The van der Waals surface area contributed by atoms with Gasteiger partial charge in [-0.2, -0.15) is 0 Å². The highest BCUT2D eigenvalue weighted by Crippen LogP contribution is 2.28. The first-order valence-electron chi connectivity index (χ1n) is 7.05. The Labute approximate surface area is 125 Å². The van der Waals surface area contributed by atoms with Crippen molar-refractivity contribution in [3.8, 4) is 5.75 Å². The standard InChI is InChI=1S/C16H22N2OS/c1-5-17-15(16-18-11(3)12(4)20-16)13-7-9-14(10-8-13)19-6-2/h7-10,15,17H,5-6H2,1-4H3. The van der Waals surface area contributed by atoms with Gasteiger partial charge < -0.3 is 10.1 Å². The van der Waals surface area contributed by atoms with Crippen LogP contribution in [0.15, 0.2) is 24.3 Å². The molecule has 1 N–H and O–H groups in total.